The van der Waals surface area contributed by atoms with Crippen LogP contribution in [0.15, 0.2) is 12.2 Å². The Kier molecular flexibility index (Phi) is 4.04. The number of likely N-dealkylation sites (tertiary alicyclic amines) is 1. The minimum Gasteiger partial charge on any atom is -0.360 e. The second-order valence-corrected chi connectivity index (χ2v) is 8.62. The Morgan fingerprint density at radius 3 is 2.70 bits per heavy atom. The summed E-state index contributed by atoms with van der Waals surface area (Å²) in [4.78, 5) is 41.9. The zero-order valence-electron chi connectivity index (χ0n) is 15.6. The highest BCUT2D eigenvalue weighted by Gasteiger charge is 2.67. The fourth-order valence-electron chi connectivity index (χ4n) is 5.73. The predicted octanol–water partition coefficient (Wildman–Crippen LogP) is 0.450. The Morgan fingerprint density at radius 2 is 1.96 bits per heavy atom. The molecule has 0 radical (unpaired) electrons. The molecule has 1 saturated carbocycles. The van der Waals surface area contributed by atoms with Gasteiger partial charge in [0.15, 0.2) is 0 Å². The molecule has 3 amide bonds. The van der Waals surface area contributed by atoms with Crippen LogP contribution in [0.4, 0.5) is 0 Å². The van der Waals surface area contributed by atoms with Crippen LogP contribution < -0.4 is 5.32 Å². The fourth-order valence-corrected chi connectivity index (χ4v) is 5.73. The van der Waals surface area contributed by atoms with E-state index in [0.29, 0.717) is 19.6 Å². The molecule has 0 aromatic rings. The van der Waals surface area contributed by atoms with Crippen LogP contribution >= 0.6 is 0 Å². The molecule has 1 aliphatic carbocycles. The lowest BCUT2D eigenvalue weighted by Crippen LogP contribution is -2.54. The third-order valence-electron chi connectivity index (χ3n) is 7.03. The van der Waals surface area contributed by atoms with Crippen LogP contribution in [-0.2, 0) is 19.1 Å². The van der Waals surface area contributed by atoms with E-state index < -0.39 is 17.4 Å². The summed E-state index contributed by atoms with van der Waals surface area (Å²) in [6, 6.07) is 0.271. The molecule has 7 nitrogen and oxygen atoms in total. The average Bonchev–Trinajstić information content (AvgIpc) is 3.21. The normalized spacial score (nSPS) is 38.9. The van der Waals surface area contributed by atoms with Crippen LogP contribution in [0.2, 0.25) is 0 Å². The van der Waals surface area contributed by atoms with E-state index in [4.69, 9.17) is 4.74 Å². The van der Waals surface area contributed by atoms with Crippen molar-refractivity contribution in [2.75, 3.05) is 26.2 Å². The smallest absolute Gasteiger partial charge is 0.239 e. The van der Waals surface area contributed by atoms with Crippen molar-refractivity contribution < 1.29 is 19.1 Å². The van der Waals surface area contributed by atoms with Gasteiger partial charge in [-0.2, -0.15) is 0 Å². The Bertz CT molecular complexity index is 699. The first kappa shape index (κ1) is 17.2. The highest BCUT2D eigenvalue weighted by molar-refractivity contribution is 5.94. The van der Waals surface area contributed by atoms with Crippen LogP contribution in [0.1, 0.15) is 38.5 Å². The number of amides is 3. The molecule has 0 unspecified atom stereocenters. The second kappa shape index (κ2) is 6.33. The molecular weight excluding hydrogens is 346 g/mol. The molecule has 4 heterocycles. The van der Waals surface area contributed by atoms with Gasteiger partial charge in [0.1, 0.15) is 5.60 Å². The molecular formula is C20H27N3O4. The summed E-state index contributed by atoms with van der Waals surface area (Å²) < 4.78 is 6.24. The number of nitrogens with zero attached hydrogens (tertiary/aromatic N) is 2. The zero-order chi connectivity index (χ0) is 18.6. The third kappa shape index (κ3) is 2.62. The van der Waals surface area contributed by atoms with Crippen molar-refractivity contribution in [2.24, 2.45) is 11.8 Å². The standard InChI is InChI=1S/C20H27N3O4/c24-15-11-22(10-9-21-15)18(25)16-14-7-8-20(27-14)12-23(19(26)17(16)20)13-5-3-1-2-4-6-13/h7-8,13-14,16-17H,1-6,9-12H2,(H,21,24)/t14-,16+,17-,20-/m0/s1. The van der Waals surface area contributed by atoms with Crippen LogP contribution in [-0.4, -0.2) is 71.4 Å². The van der Waals surface area contributed by atoms with Crippen molar-refractivity contribution in [3.8, 4) is 0 Å². The molecule has 3 saturated heterocycles. The maximum atomic E-state index is 13.4. The molecule has 1 N–H and O–H groups in total. The summed E-state index contributed by atoms with van der Waals surface area (Å²) in [6.07, 6.45) is 10.5. The maximum Gasteiger partial charge on any atom is 0.239 e. The van der Waals surface area contributed by atoms with Gasteiger partial charge in [0.05, 0.1) is 31.0 Å². The first-order chi connectivity index (χ1) is 13.1. The van der Waals surface area contributed by atoms with Crippen molar-refractivity contribution in [1.82, 2.24) is 15.1 Å². The van der Waals surface area contributed by atoms with Crippen LogP contribution in [0, 0.1) is 11.8 Å². The monoisotopic (exact) mass is 373 g/mol. The second-order valence-electron chi connectivity index (χ2n) is 8.62. The number of ether oxygens (including phenoxy) is 1. The lowest BCUT2D eigenvalue weighted by molar-refractivity contribution is -0.146. The molecule has 4 fully saturated rings. The van der Waals surface area contributed by atoms with Gasteiger partial charge in [-0.1, -0.05) is 37.8 Å². The average molecular weight is 373 g/mol. The SMILES string of the molecule is O=C1CN(C(=O)[C@@H]2[C@@H]3C=C[C@@]4(CN(C5CCCCCC5)C(=O)[C@H]24)O3)CCN1. The number of piperazine rings is 1. The summed E-state index contributed by atoms with van der Waals surface area (Å²) in [5, 5.41) is 2.75. The highest BCUT2D eigenvalue weighted by atomic mass is 16.5. The Hall–Kier alpha value is -1.89. The summed E-state index contributed by atoms with van der Waals surface area (Å²) in [5.74, 6) is -1.10. The van der Waals surface area contributed by atoms with Crippen LogP contribution in [0.25, 0.3) is 0 Å². The Balaban J connectivity index is 1.39. The zero-order valence-corrected chi connectivity index (χ0v) is 15.6. The molecule has 4 atom stereocenters. The number of carbonyl (C=O) groups excluding carboxylic acids is 3. The molecule has 0 aromatic heterocycles. The van der Waals surface area contributed by atoms with Gasteiger partial charge < -0.3 is 19.9 Å². The van der Waals surface area contributed by atoms with Crippen molar-refractivity contribution in [1.29, 1.82) is 0 Å². The number of rotatable bonds is 2. The van der Waals surface area contributed by atoms with E-state index in [-0.39, 0.29) is 36.4 Å². The molecule has 5 rings (SSSR count). The molecule has 7 heteroatoms. The third-order valence-corrected chi connectivity index (χ3v) is 7.03. The van der Waals surface area contributed by atoms with E-state index in [2.05, 4.69) is 5.32 Å². The molecule has 5 aliphatic rings. The van der Waals surface area contributed by atoms with Gasteiger partial charge in [0, 0.05) is 19.1 Å². The van der Waals surface area contributed by atoms with Crippen molar-refractivity contribution in [2.45, 2.75) is 56.3 Å². The van der Waals surface area contributed by atoms with Gasteiger partial charge >= 0.3 is 0 Å². The minimum atomic E-state index is -0.646. The molecule has 4 aliphatic heterocycles. The number of hydrogen-bond acceptors (Lipinski definition) is 4. The number of nitrogens with one attached hydrogen (secondary N) is 1. The lowest BCUT2D eigenvalue weighted by Gasteiger charge is -2.32. The van der Waals surface area contributed by atoms with Crippen molar-refractivity contribution >= 4 is 17.7 Å². The maximum absolute atomic E-state index is 13.4. The predicted molar refractivity (Wildman–Crippen MR) is 96.5 cm³/mol. The summed E-state index contributed by atoms with van der Waals surface area (Å²) in [7, 11) is 0. The lowest BCUT2D eigenvalue weighted by atomic mass is 9.76. The van der Waals surface area contributed by atoms with Crippen LogP contribution in [0.3, 0.4) is 0 Å². The van der Waals surface area contributed by atoms with Gasteiger partial charge in [-0.15, -0.1) is 0 Å². The van der Waals surface area contributed by atoms with Gasteiger partial charge in [-0.25, -0.2) is 0 Å². The molecule has 0 aromatic carbocycles. The van der Waals surface area contributed by atoms with Gasteiger partial charge in [0.2, 0.25) is 17.7 Å². The largest absolute Gasteiger partial charge is 0.360 e. The first-order valence-electron chi connectivity index (χ1n) is 10.3. The molecule has 27 heavy (non-hydrogen) atoms. The number of carbonyl (C=O) groups is 3. The van der Waals surface area contributed by atoms with Crippen molar-refractivity contribution in [3.05, 3.63) is 12.2 Å². The van der Waals surface area contributed by atoms with E-state index in [1.807, 2.05) is 17.1 Å². The van der Waals surface area contributed by atoms with Gasteiger partial charge in [0.25, 0.3) is 0 Å². The Labute approximate surface area is 159 Å². The highest BCUT2D eigenvalue weighted by Crippen LogP contribution is 2.53. The number of hydrogen-bond donors (Lipinski definition) is 1. The molecule has 146 valence electrons. The molecule has 1 spiro atoms. The van der Waals surface area contributed by atoms with E-state index in [0.717, 1.165) is 25.7 Å². The summed E-state index contributed by atoms with van der Waals surface area (Å²) in [6.45, 7) is 1.61. The topological polar surface area (TPSA) is 79.0 Å². The number of fused-ring (bicyclic) bond motifs is 1. The fraction of sp³-hybridized carbons (Fsp3) is 0.750. The van der Waals surface area contributed by atoms with Crippen LogP contribution in [0.5, 0.6) is 0 Å². The summed E-state index contributed by atoms with van der Waals surface area (Å²) in [5.41, 5.74) is -0.646. The van der Waals surface area contributed by atoms with Gasteiger partial charge in [-0.05, 0) is 12.8 Å². The Morgan fingerprint density at radius 1 is 1.19 bits per heavy atom. The van der Waals surface area contributed by atoms with E-state index in [1.165, 1.54) is 12.8 Å². The first-order valence-corrected chi connectivity index (χ1v) is 10.3. The van der Waals surface area contributed by atoms with Gasteiger partial charge in [-0.3, -0.25) is 14.4 Å². The van der Waals surface area contributed by atoms with E-state index in [9.17, 15) is 14.4 Å². The minimum absolute atomic E-state index is 0.0754. The molecule has 2 bridgehead atoms. The van der Waals surface area contributed by atoms with E-state index in [1.54, 1.807) is 4.90 Å². The van der Waals surface area contributed by atoms with Crippen molar-refractivity contribution in [3.63, 3.8) is 0 Å². The van der Waals surface area contributed by atoms with E-state index >= 15 is 0 Å². The summed E-state index contributed by atoms with van der Waals surface area (Å²) >= 11 is 0. The quantitative estimate of drug-likeness (QED) is 0.563.